The molecule has 98 valence electrons. The largest absolute Gasteiger partial charge is 0.287 e. The number of hydrogen-bond acceptors (Lipinski definition) is 3. The summed E-state index contributed by atoms with van der Waals surface area (Å²) in [5.41, 5.74) is 2.85. The van der Waals surface area contributed by atoms with Crippen LogP contribution < -0.4 is 0 Å². The zero-order chi connectivity index (χ0) is 13.9. The van der Waals surface area contributed by atoms with E-state index in [0.29, 0.717) is 11.3 Å². The van der Waals surface area contributed by atoms with Gasteiger partial charge in [-0.2, -0.15) is 9.90 Å². The molecule has 0 spiro atoms. The Kier molecular flexibility index (Phi) is 3.13. The van der Waals surface area contributed by atoms with Crippen molar-refractivity contribution in [3.8, 4) is 5.69 Å². The summed E-state index contributed by atoms with van der Waals surface area (Å²) in [6.07, 6.45) is 1.50. The van der Waals surface area contributed by atoms with Gasteiger partial charge in [-0.1, -0.05) is 42.0 Å². The van der Waals surface area contributed by atoms with Gasteiger partial charge in [-0.3, -0.25) is 4.79 Å². The third-order valence-electron chi connectivity index (χ3n) is 2.99. The Morgan fingerprint density at radius 3 is 2.60 bits per heavy atom. The van der Waals surface area contributed by atoms with Crippen LogP contribution in [0.1, 0.15) is 21.6 Å². The number of rotatable bonds is 3. The van der Waals surface area contributed by atoms with E-state index < -0.39 is 0 Å². The van der Waals surface area contributed by atoms with Gasteiger partial charge in [0.15, 0.2) is 5.69 Å². The number of ketones is 1. The molecule has 0 aliphatic heterocycles. The first-order valence-corrected chi connectivity index (χ1v) is 6.33. The van der Waals surface area contributed by atoms with Crippen LogP contribution in [0.15, 0.2) is 60.8 Å². The molecule has 0 N–H and O–H groups in total. The van der Waals surface area contributed by atoms with Crippen LogP contribution in [0.2, 0.25) is 0 Å². The number of aromatic nitrogens is 3. The molecule has 4 nitrogen and oxygen atoms in total. The predicted molar refractivity (Wildman–Crippen MR) is 76.0 cm³/mol. The number of benzene rings is 2. The van der Waals surface area contributed by atoms with Crippen molar-refractivity contribution in [2.24, 2.45) is 0 Å². The SMILES string of the molecule is Cc1cccc(C(=O)c2cnn(-c3ccccc3)n2)c1. The maximum Gasteiger partial charge on any atom is 0.214 e. The highest BCUT2D eigenvalue weighted by Gasteiger charge is 2.13. The standard InChI is InChI=1S/C16H13N3O/c1-12-6-5-7-13(10-12)16(20)15-11-17-19(18-15)14-8-3-2-4-9-14/h2-11H,1H3. The Hall–Kier alpha value is -2.75. The second-order valence-corrected chi connectivity index (χ2v) is 4.55. The lowest BCUT2D eigenvalue weighted by Gasteiger charge is -1.99. The maximum atomic E-state index is 12.3. The van der Waals surface area contributed by atoms with E-state index in [2.05, 4.69) is 10.2 Å². The summed E-state index contributed by atoms with van der Waals surface area (Å²) in [5, 5.41) is 8.38. The summed E-state index contributed by atoms with van der Waals surface area (Å²) < 4.78 is 0. The third kappa shape index (κ3) is 2.36. The van der Waals surface area contributed by atoms with E-state index in [1.165, 1.54) is 11.0 Å². The van der Waals surface area contributed by atoms with Gasteiger partial charge in [0.2, 0.25) is 5.78 Å². The summed E-state index contributed by atoms with van der Waals surface area (Å²) in [6, 6.07) is 17.0. The van der Waals surface area contributed by atoms with Crippen LogP contribution in [-0.4, -0.2) is 20.8 Å². The van der Waals surface area contributed by atoms with Crippen molar-refractivity contribution < 1.29 is 4.79 Å². The molecule has 2 aromatic carbocycles. The summed E-state index contributed by atoms with van der Waals surface area (Å²) in [7, 11) is 0. The smallest absolute Gasteiger partial charge is 0.214 e. The molecule has 0 aliphatic rings. The molecule has 20 heavy (non-hydrogen) atoms. The van der Waals surface area contributed by atoms with Crippen LogP contribution in [0.4, 0.5) is 0 Å². The zero-order valence-corrected chi connectivity index (χ0v) is 11.0. The first kappa shape index (κ1) is 12.3. The molecule has 3 aromatic rings. The molecule has 0 unspecified atom stereocenters. The highest BCUT2D eigenvalue weighted by atomic mass is 16.1. The molecule has 0 atom stereocenters. The number of aryl methyl sites for hydroxylation is 1. The fraction of sp³-hybridized carbons (Fsp3) is 0.0625. The van der Waals surface area contributed by atoms with Crippen LogP contribution in [-0.2, 0) is 0 Å². The quantitative estimate of drug-likeness (QED) is 0.683. The van der Waals surface area contributed by atoms with E-state index in [9.17, 15) is 4.79 Å². The molecule has 0 bridgehead atoms. The highest BCUT2D eigenvalue weighted by Crippen LogP contribution is 2.10. The average Bonchev–Trinajstić information content (AvgIpc) is 2.97. The van der Waals surface area contributed by atoms with Gasteiger partial charge in [-0.15, -0.1) is 5.10 Å². The van der Waals surface area contributed by atoms with E-state index in [0.717, 1.165) is 11.3 Å². The number of carbonyl (C=O) groups is 1. The van der Waals surface area contributed by atoms with E-state index in [-0.39, 0.29) is 5.78 Å². The summed E-state index contributed by atoms with van der Waals surface area (Å²) in [5.74, 6) is -0.115. The molecule has 3 rings (SSSR count). The molecule has 0 amide bonds. The maximum absolute atomic E-state index is 12.3. The Labute approximate surface area is 116 Å². The molecule has 4 heteroatoms. The van der Waals surface area contributed by atoms with E-state index in [1.54, 1.807) is 6.07 Å². The second-order valence-electron chi connectivity index (χ2n) is 4.55. The lowest BCUT2D eigenvalue weighted by Crippen LogP contribution is -2.04. The van der Waals surface area contributed by atoms with Crippen LogP contribution in [0.5, 0.6) is 0 Å². The van der Waals surface area contributed by atoms with Crippen molar-refractivity contribution >= 4 is 5.78 Å². The molecule has 0 saturated carbocycles. The molecule has 1 heterocycles. The van der Waals surface area contributed by atoms with Gasteiger partial charge in [0.1, 0.15) is 0 Å². The van der Waals surface area contributed by atoms with Crippen molar-refractivity contribution in [3.05, 3.63) is 77.6 Å². The van der Waals surface area contributed by atoms with Crippen molar-refractivity contribution in [1.29, 1.82) is 0 Å². The van der Waals surface area contributed by atoms with Crippen molar-refractivity contribution in [2.45, 2.75) is 6.92 Å². The molecular formula is C16H13N3O. The Morgan fingerprint density at radius 2 is 1.85 bits per heavy atom. The molecule has 0 fully saturated rings. The van der Waals surface area contributed by atoms with Crippen molar-refractivity contribution in [2.75, 3.05) is 0 Å². The Bertz CT molecular complexity index is 747. The highest BCUT2D eigenvalue weighted by molar-refractivity contribution is 6.07. The fourth-order valence-corrected chi connectivity index (χ4v) is 1.99. The first-order valence-electron chi connectivity index (χ1n) is 6.33. The van der Waals surface area contributed by atoms with E-state index >= 15 is 0 Å². The van der Waals surface area contributed by atoms with Crippen LogP contribution in [0.25, 0.3) is 5.69 Å². The summed E-state index contributed by atoms with van der Waals surface area (Å²) in [6.45, 7) is 1.96. The number of para-hydroxylation sites is 1. The van der Waals surface area contributed by atoms with E-state index in [4.69, 9.17) is 0 Å². The third-order valence-corrected chi connectivity index (χ3v) is 2.99. The Morgan fingerprint density at radius 1 is 1.05 bits per heavy atom. The topological polar surface area (TPSA) is 47.8 Å². The van der Waals surface area contributed by atoms with Crippen molar-refractivity contribution in [3.63, 3.8) is 0 Å². The zero-order valence-electron chi connectivity index (χ0n) is 11.0. The minimum Gasteiger partial charge on any atom is -0.287 e. The molecular weight excluding hydrogens is 250 g/mol. The fourth-order valence-electron chi connectivity index (χ4n) is 1.99. The first-order chi connectivity index (χ1) is 9.74. The lowest BCUT2D eigenvalue weighted by molar-refractivity contribution is 0.103. The molecule has 0 radical (unpaired) electrons. The van der Waals surface area contributed by atoms with Gasteiger partial charge in [-0.05, 0) is 25.1 Å². The minimum absolute atomic E-state index is 0.115. The van der Waals surface area contributed by atoms with E-state index in [1.807, 2.05) is 55.5 Å². The summed E-state index contributed by atoms with van der Waals surface area (Å²) >= 11 is 0. The van der Waals surface area contributed by atoms with Gasteiger partial charge in [0.25, 0.3) is 0 Å². The van der Waals surface area contributed by atoms with Crippen LogP contribution in [0.3, 0.4) is 0 Å². The minimum atomic E-state index is -0.115. The Balaban J connectivity index is 1.93. The number of carbonyl (C=O) groups excluding carboxylic acids is 1. The predicted octanol–water partition coefficient (Wildman–Crippen LogP) is 2.81. The number of hydrogen-bond donors (Lipinski definition) is 0. The molecule has 0 saturated heterocycles. The lowest BCUT2D eigenvalue weighted by atomic mass is 10.1. The van der Waals surface area contributed by atoms with Gasteiger partial charge < -0.3 is 0 Å². The monoisotopic (exact) mass is 263 g/mol. The number of nitrogens with zero attached hydrogens (tertiary/aromatic N) is 3. The van der Waals surface area contributed by atoms with Gasteiger partial charge >= 0.3 is 0 Å². The van der Waals surface area contributed by atoms with Crippen LogP contribution in [0, 0.1) is 6.92 Å². The average molecular weight is 263 g/mol. The normalized spacial score (nSPS) is 10.4. The summed E-state index contributed by atoms with van der Waals surface area (Å²) in [4.78, 5) is 13.8. The second kappa shape index (κ2) is 5.09. The molecule has 1 aromatic heterocycles. The molecule has 0 aliphatic carbocycles. The van der Waals surface area contributed by atoms with Crippen molar-refractivity contribution in [1.82, 2.24) is 15.0 Å². The van der Waals surface area contributed by atoms with Crippen LogP contribution >= 0.6 is 0 Å². The van der Waals surface area contributed by atoms with Gasteiger partial charge in [0, 0.05) is 5.56 Å². The van der Waals surface area contributed by atoms with Gasteiger partial charge in [0.05, 0.1) is 11.9 Å². The van der Waals surface area contributed by atoms with Gasteiger partial charge in [-0.25, -0.2) is 0 Å².